The largest absolute Gasteiger partial charge is 0.397 e. The lowest BCUT2D eigenvalue weighted by Crippen LogP contribution is -2.21. The van der Waals surface area contributed by atoms with Gasteiger partial charge in [0.05, 0.1) is 23.9 Å². The van der Waals surface area contributed by atoms with Crippen molar-refractivity contribution in [3.8, 4) is 0 Å². The summed E-state index contributed by atoms with van der Waals surface area (Å²) in [4.78, 5) is 3.98. The second-order valence-corrected chi connectivity index (χ2v) is 3.42. The van der Waals surface area contributed by atoms with Crippen LogP contribution < -0.4 is 5.73 Å². The zero-order valence-corrected chi connectivity index (χ0v) is 8.57. The van der Waals surface area contributed by atoms with E-state index in [1.165, 1.54) is 6.20 Å². The van der Waals surface area contributed by atoms with Crippen LogP contribution in [0.2, 0.25) is 0 Å². The highest BCUT2D eigenvalue weighted by molar-refractivity contribution is 6.18. The van der Waals surface area contributed by atoms with Crippen LogP contribution in [0.1, 0.15) is 17.4 Å². The molecular formula is C9H13ClN2O2. The van der Waals surface area contributed by atoms with Crippen LogP contribution in [0.25, 0.3) is 0 Å². The van der Waals surface area contributed by atoms with Gasteiger partial charge in [-0.1, -0.05) is 0 Å². The normalized spacial score (nSPS) is 15.1. The van der Waals surface area contributed by atoms with Gasteiger partial charge in [-0.3, -0.25) is 4.98 Å². The van der Waals surface area contributed by atoms with Crippen molar-refractivity contribution in [3.63, 3.8) is 0 Å². The van der Waals surface area contributed by atoms with Gasteiger partial charge in [0.15, 0.2) is 0 Å². The zero-order chi connectivity index (χ0) is 10.7. The molecule has 14 heavy (non-hydrogen) atoms. The van der Waals surface area contributed by atoms with Gasteiger partial charge >= 0.3 is 0 Å². The molecule has 2 unspecified atom stereocenters. The molecule has 0 saturated heterocycles. The van der Waals surface area contributed by atoms with Crippen molar-refractivity contribution in [2.45, 2.75) is 19.1 Å². The smallest absolute Gasteiger partial charge is 0.108 e. The molecule has 0 aromatic carbocycles. The fraction of sp³-hybridized carbons (Fsp3) is 0.444. The first-order valence-corrected chi connectivity index (χ1v) is 4.73. The van der Waals surface area contributed by atoms with Crippen LogP contribution in [0.5, 0.6) is 0 Å². The molecule has 1 aromatic heterocycles. The van der Waals surface area contributed by atoms with Crippen molar-refractivity contribution in [1.82, 2.24) is 4.98 Å². The number of aliphatic hydroxyl groups excluding tert-OH is 2. The highest BCUT2D eigenvalue weighted by Crippen LogP contribution is 2.21. The van der Waals surface area contributed by atoms with Gasteiger partial charge in [-0.05, 0) is 13.0 Å². The van der Waals surface area contributed by atoms with Crippen LogP contribution in [0.4, 0.5) is 5.69 Å². The number of hydrogen-bond acceptors (Lipinski definition) is 4. The molecule has 4 N–H and O–H groups in total. The standard InChI is InChI=1S/C9H13ClN2O2/c1-5-7(2-6(11)4-12-5)9(14)8(13)3-10/h2,4,8-9,13-14H,3,11H2,1H3. The van der Waals surface area contributed by atoms with Crippen molar-refractivity contribution in [2.24, 2.45) is 0 Å². The summed E-state index contributed by atoms with van der Waals surface area (Å²) in [6, 6.07) is 1.59. The van der Waals surface area contributed by atoms with Crippen LogP contribution in [-0.4, -0.2) is 27.2 Å². The fourth-order valence-electron chi connectivity index (χ4n) is 1.16. The summed E-state index contributed by atoms with van der Waals surface area (Å²) >= 11 is 5.43. The summed E-state index contributed by atoms with van der Waals surface area (Å²) in [5, 5.41) is 19.0. The van der Waals surface area contributed by atoms with Crippen LogP contribution in [0.3, 0.4) is 0 Å². The van der Waals surface area contributed by atoms with Crippen molar-refractivity contribution < 1.29 is 10.2 Å². The summed E-state index contributed by atoms with van der Waals surface area (Å²) < 4.78 is 0. The second-order valence-electron chi connectivity index (χ2n) is 3.11. The Balaban J connectivity index is 2.99. The first kappa shape index (κ1) is 11.2. The van der Waals surface area contributed by atoms with Crippen molar-refractivity contribution in [3.05, 3.63) is 23.5 Å². The van der Waals surface area contributed by atoms with Gasteiger partial charge in [0, 0.05) is 11.3 Å². The first-order valence-electron chi connectivity index (χ1n) is 4.20. The molecule has 0 aliphatic carbocycles. The molecule has 0 fully saturated rings. The number of aromatic nitrogens is 1. The molecule has 0 spiro atoms. The molecule has 2 atom stereocenters. The number of anilines is 1. The van der Waals surface area contributed by atoms with E-state index in [0.29, 0.717) is 16.9 Å². The van der Waals surface area contributed by atoms with Gasteiger partial charge < -0.3 is 15.9 Å². The number of aryl methyl sites for hydroxylation is 1. The Kier molecular flexibility index (Phi) is 3.69. The average molecular weight is 217 g/mol. The third kappa shape index (κ3) is 2.35. The van der Waals surface area contributed by atoms with Crippen molar-refractivity contribution in [2.75, 3.05) is 11.6 Å². The van der Waals surface area contributed by atoms with Gasteiger partial charge in [-0.2, -0.15) is 0 Å². The van der Waals surface area contributed by atoms with Crippen LogP contribution in [0, 0.1) is 6.92 Å². The molecule has 0 aliphatic rings. The maximum atomic E-state index is 9.66. The molecule has 0 bridgehead atoms. The molecule has 78 valence electrons. The van der Waals surface area contributed by atoms with E-state index in [0.717, 1.165) is 0 Å². The molecule has 0 saturated carbocycles. The molecule has 5 heteroatoms. The van der Waals surface area contributed by atoms with E-state index >= 15 is 0 Å². The highest BCUT2D eigenvalue weighted by atomic mass is 35.5. The number of hydrogen-bond donors (Lipinski definition) is 3. The lowest BCUT2D eigenvalue weighted by Gasteiger charge is -2.17. The Hall–Kier alpha value is -0.840. The SMILES string of the molecule is Cc1ncc(N)cc1C(O)C(O)CCl. The number of nitrogens with two attached hydrogens (primary N) is 1. The number of nitrogens with zero attached hydrogens (tertiary/aromatic N) is 1. The summed E-state index contributed by atoms with van der Waals surface area (Å²) in [6.45, 7) is 1.74. The summed E-state index contributed by atoms with van der Waals surface area (Å²) in [5.41, 5.74) is 7.12. The molecule has 1 heterocycles. The maximum Gasteiger partial charge on any atom is 0.108 e. The average Bonchev–Trinajstić information content (AvgIpc) is 2.19. The molecule has 0 amide bonds. The Labute approximate surface area is 87.3 Å². The first-order chi connectivity index (χ1) is 6.56. The molecule has 0 radical (unpaired) electrons. The summed E-state index contributed by atoms with van der Waals surface area (Å²) in [6.07, 6.45) is -0.541. The van der Waals surface area contributed by atoms with Crippen LogP contribution >= 0.6 is 11.6 Å². The van der Waals surface area contributed by atoms with Gasteiger partial charge in [-0.15, -0.1) is 11.6 Å². The zero-order valence-electron chi connectivity index (χ0n) is 7.81. The Morgan fingerprint density at radius 3 is 2.79 bits per heavy atom. The van der Waals surface area contributed by atoms with Crippen LogP contribution in [0.15, 0.2) is 12.3 Å². The Morgan fingerprint density at radius 1 is 1.57 bits per heavy atom. The van der Waals surface area contributed by atoms with Gasteiger partial charge in [-0.25, -0.2) is 0 Å². The third-order valence-corrected chi connectivity index (χ3v) is 2.30. The monoisotopic (exact) mass is 216 g/mol. The van der Waals surface area contributed by atoms with Crippen LogP contribution in [-0.2, 0) is 0 Å². The lowest BCUT2D eigenvalue weighted by atomic mass is 10.0. The third-order valence-electron chi connectivity index (χ3n) is 1.99. The quantitative estimate of drug-likeness (QED) is 0.647. The van der Waals surface area contributed by atoms with Gasteiger partial charge in [0.25, 0.3) is 0 Å². The second kappa shape index (κ2) is 4.59. The van der Waals surface area contributed by atoms with E-state index in [1.807, 2.05) is 0 Å². The van der Waals surface area contributed by atoms with E-state index in [-0.39, 0.29) is 5.88 Å². The van der Waals surface area contributed by atoms with Crippen molar-refractivity contribution >= 4 is 17.3 Å². The van der Waals surface area contributed by atoms with E-state index in [9.17, 15) is 10.2 Å². The number of aliphatic hydroxyl groups is 2. The van der Waals surface area contributed by atoms with E-state index in [1.54, 1.807) is 13.0 Å². The van der Waals surface area contributed by atoms with Crippen molar-refractivity contribution in [1.29, 1.82) is 0 Å². The number of alkyl halides is 1. The molecular weight excluding hydrogens is 204 g/mol. The minimum absolute atomic E-state index is 0.0323. The lowest BCUT2D eigenvalue weighted by molar-refractivity contribution is 0.0321. The van der Waals surface area contributed by atoms with Gasteiger partial charge in [0.1, 0.15) is 6.10 Å². The number of rotatable bonds is 3. The molecule has 1 aromatic rings. The molecule has 4 nitrogen and oxygen atoms in total. The molecule has 1 rings (SSSR count). The van der Waals surface area contributed by atoms with E-state index < -0.39 is 12.2 Å². The van der Waals surface area contributed by atoms with Gasteiger partial charge in [0.2, 0.25) is 0 Å². The Morgan fingerprint density at radius 2 is 2.21 bits per heavy atom. The maximum absolute atomic E-state index is 9.66. The van der Waals surface area contributed by atoms with E-state index in [4.69, 9.17) is 17.3 Å². The number of pyridine rings is 1. The number of halogens is 1. The highest BCUT2D eigenvalue weighted by Gasteiger charge is 2.19. The minimum Gasteiger partial charge on any atom is -0.397 e. The topological polar surface area (TPSA) is 79.4 Å². The summed E-state index contributed by atoms with van der Waals surface area (Å²) in [5.74, 6) is -0.0323. The van der Waals surface area contributed by atoms with E-state index in [2.05, 4.69) is 4.98 Å². The Bertz CT molecular complexity index is 320. The minimum atomic E-state index is -1.04. The number of nitrogen functional groups attached to an aromatic ring is 1. The molecule has 0 aliphatic heterocycles. The summed E-state index contributed by atoms with van der Waals surface area (Å²) in [7, 11) is 0. The predicted octanol–water partition coefficient (Wildman–Crippen LogP) is 0.605. The predicted molar refractivity (Wildman–Crippen MR) is 55.1 cm³/mol. The fourth-order valence-corrected chi connectivity index (χ4v) is 1.33.